The van der Waals surface area contributed by atoms with Crippen LogP contribution in [0.5, 0.6) is 0 Å². The molecule has 0 bridgehead atoms. The maximum Gasteiger partial charge on any atom is 0.254 e. The van der Waals surface area contributed by atoms with Crippen molar-refractivity contribution in [3.63, 3.8) is 0 Å². The van der Waals surface area contributed by atoms with Gasteiger partial charge in [-0.1, -0.05) is 44.2 Å². The molecule has 0 atom stereocenters. The van der Waals surface area contributed by atoms with Crippen LogP contribution in [0.25, 0.3) is 10.9 Å². The number of hydrogen-bond acceptors (Lipinski definition) is 3. The van der Waals surface area contributed by atoms with E-state index in [1.54, 1.807) is 0 Å². The third kappa shape index (κ3) is 3.59. The van der Waals surface area contributed by atoms with E-state index in [0.717, 1.165) is 48.3 Å². The number of aromatic nitrogens is 1. The maximum atomic E-state index is 13.4. The van der Waals surface area contributed by atoms with E-state index in [-0.39, 0.29) is 11.8 Å². The Labute approximate surface area is 166 Å². The molecule has 0 radical (unpaired) electrons. The van der Waals surface area contributed by atoms with Crippen LogP contribution in [-0.2, 0) is 0 Å². The van der Waals surface area contributed by atoms with Gasteiger partial charge in [-0.05, 0) is 42.7 Å². The first-order valence-electron chi connectivity index (χ1n) is 10.0. The normalized spacial score (nSPS) is 14.7. The highest BCUT2D eigenvalue weighted by Gasteiger charge is 2.24. The van der Waals surface area contributed by atoms with Gasteiger partial charge in [0, 0.05) is 42.9 Å². The first kappa shape index (κ1) is 18.5. The number of rotatable bonds is 3. The van der Waals surface area contributed by atoms with Crippen LogP contribution < -0.4 is 4.90 Å². The molecule has 2 heterocycles. The summed E-state index contributed by atoms with van der Waals surface area (Å²) in [7, 11) is 0. The topological polar surface area (TPSA) is 36.4 Å². The number of anilines is 1. The van der Waals surface area contributed by atoms with Gasteiger partial charge in [0.15, 0.2) is 0 Å². The van der Waals surface area contributed by atoms with Gasteiger partial charge in [-0.3, -0.25) is 9.78 Å². The van der Waals surface area contributed by atoms with E-state index in [0.29, 0.717) is 0 Å². The number of pyridine rings is 1. The Morgan fingerprint density at radius 3 is 2.43 bits per heavy atom. The summed E-state index contributed by atoms with van der Waals surface area (Å²) < 4.78 is 0. The van der Waals surface area contributed by atoms with Gasteiger partial charge in [-0.15, -0.1) is 0 Å². The number of piperazine rings is 1. The highest BCUT2D eigenvalue weighted by Crippen LogP contribution is 2.25. The largest absolute Gasteiger partial charge is 0.368 e. The van der Waals surface area contributed by atoms with E-state index in [1.165, 1.54) is 11.3 Å². The molecule has 0 unspecified atom stereocenters. The minimum absolute atomic E-state index is 0.115. The van der Waals surface area contributed by atoms with Crippen LogP contribution in [0.2, 0.25) is 0 Å². The van der Waals surface area contributed by atoms with E-state index in [2.05, 4.69) is 49.9 Å². The molecular weight excluding hydrogens is 346 g/mol. The summed E-state index contributed by atoms with van der Waals surface area (Å²) in [6.07, 6.45) is 0. The number of hydrogen-bond donors (Lipinski definition) is 0. The van der Waals surface area contributed by atoms with Gasteiger partial charge < -0.3 is 9.80 Å². The van der Waals surface area contributed by atoms with Crippen LogP contribution >= 0.6 is 0 Å². The van der Waals surface area contributed by atoms with Crippen molar-refractivity contribution in [3.05, 3.63) is 71.4 Å². The summed E-state index contributed by atoms with van der Waals surface area (Å²) in [6, 6.07) is 18.5. The number of amides is 1. The van der Waals surface area contributed by atoms with E-state index >= 15 is 0 Å². The standard InChI is InChI=1S/C24H27N3O/c1-17(2)23-16-21(20-9-4-5-10-22(20)25-23)24(28)27-13-11-26(12-14-27)19-8-6-7-18(3)15-19/h4-10,15-17H,11-14H2,1-3H3. The molecule has 1 fully saturated rings. The molecule has 28 heavy (non-hydrogen) atoms. The molecule has 1 aliphatic rings. The zero-order chi connectivity index (χ0) is 19.7. The lowest BCUT2D eigenvalue weighted by Gasteiger charge is -2.36. The molecule has 4 rings (SSSR count). The number of aryl methyl sites for hydroxylation is 1. The van der Waals surface area contributed by atoms with E-state index < -0.39 is 0 Å². The molecule has 3 aromatic rings. The van der Waals surface area contributed by atoms with Crippen molar-refractivity contribution in [2.75, 3.05) is 31.1 Å². The highest BCUT2D eigenvalue weighted by molar-refractivity contribution is 6.06. The predicted octanol–water partition coefficient (Wildman–Crippen LogP) is 4.63. The minimum Gasteiger partial charge on any atom is -0.368 e. The molecule has 4 heteroatoms. The highest BCUT2D eigenvalue weighted by atomic mass is 16.2. The smallest absolute Gasteiger partial charge is 0.254 e. The van der Waals surface area contributed by atoms with Crippen molar-refractivity contribution >= 4 is 22.5 Å². The van der Waals surface area contributed by atoms with Gasteiger partial charge in [-0.25, -0.2) is 0 Å². The van der Waals surface area contributed by atoms with Gasteiger partial charge in [0.1, 0.15) is 0 Å². The van der Waals surface area contributed by atoms with Crippen LogP contribution in [0.15, 0.2) is 54.6 Å². The summed E-state index contributed by atoms with van der Waals surface area (Å²) >= 11 is 0. The monoisotopic (exact) mass is 373 g/mol. The number of carbonyl (C=O) groups is 1. The van der Waals surface area contributed by atoms with Crippen LogP contribution in [0.3, 0.4) is 0 Å². The van der Waals surface area contributed by atoms with Crippen LogP contribution in [-0.4, -0.2) is 42.0 Å². The average molecular weight is 374 g/mol. The van der Waals surface area contributed by atoms with Crippen molar-refractivity contribution in [2.45, 2.75) is 26.7 Å². The zero-order valence-electron chi connectivity index (χ0n) is 16.9. The molecule has 144 valence electrons. The van der Waals surface area contributed by atoms with Crippen LogP contribution in [0.4, 0.5) is 5.69 Å². The molecule has 1 saturated heterocycles. The van der Waals surface area contributed by atoms with Crippen molar-refractivity contribution in [2.24, 2.45) is 0 Å². The Morgan fingerprint density at radius 2 is 1.71 bits per heavy atom. The maximum absolute atomic E-state index is 13.4. The van der Waals surface area contributed by atoms with Crippen LogP contribution in [0.1, 0.15) is 41.4 Å². The molecule has 2 aromatic carbocycles. The van der Waals surface area contributed by atoms with Crippen LogP contribution in [0, 0.1) is 6.92 Å². The molecule has 0 aliphatic carbocycles. The molecule has 0 N–H and O–H groups in total. The number of benzene rings is 2. The number of fused-ring (bicyclic) bond motifs is 1. The molecular formula is C24H27N3O. The van der Waals surface area contributed by atoms with E-state index in [1.807, 2.05) is 35.2 Å². The molecule has 1 amide bonds. The molecule has 0 spiro atoms. The summed E-state index contributed by atoms with van der Waals surface area (Å²) in [5.74, 6) is 0.402. The SMILES string of the molecule is Cc1cccc(N2CCN(C(=O)c3cc(C(C)C)nc4ccccc34)CC2)c1. The first-order chi connectivity index (χ1) is 13.5. The third-order valence-corrected chi connectivity index (χ3v) is 5.49. The Balaban J connectivity index is 1.57. The third-order valence-electron chi connectivity index (χ3n) is 5.49. The van der Waals surface area contributed by atoms with Crippen molar-refractivity contribution < 1.29 is 4.79 Å². The summed E-state index contributed by atoms with van der Waals surface area (Å²) in [6.45, 7) is 9.54. The number of carbonyl (C=O) groups excluding carboxylic acids is 1. The van der Waals surface area contributed by atoms with Crippen molar-refractivity contribution in [3.8, 4) is 0 Å². The van der Waals surface area contributed by atoms with E-state index in [9.17, 15) is 4.79 Å². The zero-order valence-corrected chi connectivity index (χ0v) is 16.9. The summed E-state index contributed by atoms with van der Waals surface area (Å²) in [5, 5.41) is 0.943. The van der Waals surface area contributed by atoms with Gasteiger partial charge >= 0.3 is 0 Å². The second kappa shape index (κ2) is 7.63. The Hall–Kier alpha value is -2.88. The Morgan fingerprint density at radius 1 is 0.964 bits per heavy atom. The molecule has 0 saturated carbocycles. The Kier molecular flexibility index (Phi) is 5.03. The predicted molar refractivity (Wildman–Crippen MR) is 115 cm³/mol. The first-order valence-corrected chi connectivity index (χ1v) is 10.0. The average Bonchev–Trinajstić information content (AvgIpc) is 2.72. The molecule has 1 aromatic heterocycles. The van der Waals surface area contributed by atoms with Gasteiger partial charge in [0.2, 0.25) is 0 Å². The summed E-state index contributed by atoms with van der Waals surface area (Å²) in [4.78, 5) is 22.5. The molecule has 4 nitrogen and oxygen atoms in total. The van der Waals surface area contributed by atoms with Gasteiger partial charge in [0.25, 0.3) is 5.91 Å². The number of nitrogens with zero attached hydrogens (tertiary/aromatic N) is 3. The fourth-order valence-corrected chi connectivity index (χ4v) is 3.83. The van der Waals surface area contributed by atoms with Crippen molar-refractivity contribution in [1.29, 1.82) is 0 Å². The van der Waals surface area contributed by atoms with Gasteiger partial charge in [0.05, 0.1) is 11.1 Å². The lowest BCUT2D eigenvalue weighted by Crippen LogP contribution is -2.48. The second-order valence-corrected chi connectivity index (χ2v) is 7.88. The quantitative estimate of drug-likeness (QED) is 0.672. The fourth-order valence-electron chi connectivity index (χ4n) is 3.83. The van der Waals surface area contributed by atoms with Crippen molar-refractivity contribution in [1.82, 2.24) is 9.88 Å². The molecule has 1 aliphatic heterocycles. The van der Waals surface area contributed by atoms with E-state index in [4.69, 9.17) is 4.98 Å². The lowest BCUT2D eigenvalue weighted by atomic mass is 10.0. The second-order valence-electron chi connectivity index (χ2n) is 7.88. The minimum atomic E-state index is 0.115. The van der Waals surface area contributed by atoms with Gasteiger partial charge in [-0.2, -0.15) is 0 Å². The summed E-state index contributed by atoms with van der Waals surface area (Å²) in [5.41, 5.74) is 5.15. The fraction of sp³-hybridized carbons (Fsp3) is 0.333. The number of para-hydroxylation sites is 1. The Bertz CT molecular complexity index is 1000. The lowest BCUT2D eigenvalue weighted by molar-refractivity contribution is 0.0748.